The number of carboxylic acids is 1. The van der Waals surface area contributed by atoms with Gasteiger partial charge in [-0.15, -0.1) is 0 Å². The molecule has 0 radical (unpaired) electrons. The van der Waals surface area contributed by atoms with Gasteiger partial charge in [0, 0.05) is 6.42 Å². The number of rotatable bonds is 6. The second-order valence-corrected chi connectivity index (χ2v) is 5.89. The predicted molar refractivity (Wildman–Crippen MR) is 76.3 cm³/mol. The summed E-state index contributed by atoms with van der Waals surface area (Å²) >= 11 is 0. The molecular weight excluding hydrogens is 322 g/mol. The number of nitrogens with two attached hydrogens (primary N) is 1. The van der Waals surface area contributed by atoms with E-state index in [0.29, 0.717) is 5.56 Å². The highest BCUT2D eigenvalue weighted by molar-refractivity contribution is 5.69. The fourth-order valence-corrected chi connectivity index (χ4v) is 2.53. The molecule has 1 aromatic rings. The van der Waals surface area contributed by atoms with E-state index >= 15 is 0 Å². The lowest BCUT2D eigenvalue weighted by Gasteiger charge is -2.40. The van der Waals surface area contributed by atoms with Crippen LogP contribution in [-0.2, 0) is 16.0 Å². The molecule has 9 nitrogen and oxygen atoms in total. The summed E-state index contributed by atoms with van der Waals surface area (Å²) in [6.07, 6.45) is -4.67. The molecule has 5 atom stereocenters. The molecule has 1 saturated heterocycles. The Morgan fingerprint density at radius 2 is 1.96 bits per heavy atom. The van der Waals surface area contributed by atoms with Gasteiger partial charge >= 0.3 is 0 Å². The Morgan fingerprint density at radius 1 is 1.33 bits per heavy atom. The van der Waals surface area contributed by atoms with Crippen molar-refractivity contribution in [2.45, 2.75) is 36.6 Å². The third-order valence-corrected chi connectivity index (χ3v) is 4.07. The smallest absolute Gasteiger partial charge is 0.245 e. The number of ether oxygens (including phenoxy) is 1. The van der Waals surface area contributed by atoms with Crippen molar-refractivity contribution in [3.8, 4) is 5.75 Å². The molecule has 0 unspecified atom stereocenters. The molecule has 1 heterocycles. The van der Waals surface area contributed by atoms with Crippen LogP contribution in [0, 0.1) is 0 Å². The second kappa shape index (κ2) is 7.43. The Morgan fingerprint density at radius 3 is 2.54 bits per heavy atom. The third-order valence-electron chi connectivity index (χ3n) is 4.07. The van der Waals surface area contributed by atoms with E-state index in [1.807, 2.05) is 0 Å². The van der Waals surface area contributed by atoms with Crippen LogP contribution in [0.2, 0.25) is 0 Å². The summed E-state index contributed by atoms with van der Waals surface area (Å²) in [4.78, 5) is 11.3. The molecule has 1 fully saturated rings. The van der Waals surface area contributed by atoms with Crippen molar-refractivity contribution in [3.05, 3.63) is 29.8 Å². The molecule has 0 aliphatic carbocycles. The molecule has 0 bridgehead atoms. The maximum Gasteiger partial charge on any atom is 0.245 e. The fourth-order valence-electron chi connectivity index (χ4n) is 2.53. The number of benzene rings is 1. The topological polar surface area (TPSA) is 167 Å². The summed E-state index contributed by atoms with van der Waals surface area (Å²) < 4.78 is 4.97. The summed E-state index contributed by atoms with van der Waals surface area (Å²) in [5.74, 6) is -3.52. The first-order valence-electron chi connectivity index (χ1n) is 7.45. The minimum absolute atomic E-state index is 0.0494. The van der Waals surface area contributed by atoms with Gasteiger partial charge in [0.1, 0.15) is 36.6 Å². The van der Waals surface area contributed by atoms with Crippen LogP contribution in [0.5, 0.6) is 5.75 Å². The van der Waals surface area contributed by atoms with Crippen LogP contribution < -0.4 is 10.4 Å². The number of aliphatic carboxylic acids is 1. The van der Waals surface area contributed by atoms with Crippen LogP contribution in [0.3, 0.4) is 0 Å². The normalized spacial score (nSPS) is 31.6. The molecule has 9 heteroatoms. The lowest BCUT2D eigenvalue weighted by atomic mass is 9.96. The molecule has 1 aliphatic heterocycles. The minimum Gasteiger partial charge on any atom is -0.544 e. The Balaban J connectivity index is 2.00. The molecule has 1 aliphatic rings. The lowest BCUT2D eigenvalue weighted by molar-refractivity contribution is -0.705. The summed E-state index contributed by atoms with van der Waals surface area (Å²) in [5, 5.41) is 60.8. The van der Waals surface area contributed by atoms with E-state index in [4.69, 9.17) is 4.74 Å². The van der Waals surface area contributed by atoms with E-state index in [1.165, 1.54) is 17.4 Å². The van der Waals surface area contributed by atoms with Crippen molar-refractivity contribution in [1.29, 1.82) is 0 Å². The zero-order valence-electron chi connectivity index (χ0n) is 12.8. The van der Waals surface area contributed by atoms with Crippen LogP contribution in [0.25, 0.3) is 0 Å². The second-order valence-electron chi connectivity index (χ2n) is 5.89. The number of carboxylic acid groups (broad SMARTS) is 1. The van der Waals surface area contributed by atoms with Crippen molar-refractivity contribution in [1.82, 2.24) is 0 Å². The van der Waals surface area contributed by atoms with Gasteiger partial charge in [-0.1, -0.05) is 12.1 Å². The van der Waals surface area contributed by atoms with Crippen molar-refractivity contribution in [2.24, 2.45) is 0 Å². The number of carbonyl (C=O) groups is 1. The van der Waals surface area contributed by atoms with Gasteiger partial charge in [-0.05, 0) is 17.7 Å². The van der Waals surface area contributed by atoms with Gasteiger partial charge in [0.05, 0.1) is 12.6 Å². The van der Waals surface area contributed by atoms with E-state index in [1.54, 1.807) is 12.1 Å². The number of phenolic OH excluding ortho intramolecular Hbond substituents is 1. The minimum atomic E-state index is -2.19. The maximum atomic E-state index is 11.3. The van der Waals surface area contributed by atoms with Gasteiger partial charge in [0.2, 0.25) is 5.79 Å². The van der Waals surface area contributed by atoms with Crippen LogP contribution in [0.15, 0.2) is 24.3 Å². The largest absolute Gasteiger partial charge is 0.544 e. The number of phenols is 1. The SMILES string of the molecule is O=C([O-])[C@H](Cc1ccc(O)cc1)[NH2+]C[C@@]1(O)OC[C@@H](O)[C@@H](O)[C@@H]1O. The highest BCUT2D eigenvalue weighted by Gasteiger charge is 2.50. The van der Waals surface area contributed by atoms with Crippen molar-refractivity contribution in [3.63, 3.8) is 0 Å². The van der Waals surface area contributed by atoms with Gasteiger partial charge in [-0.2, -0.15) is 0 Å². The lowest BCUT2D eigenvalue weighted by Crippen LogP contribution is -2.97. The molecule has 1 aromatic carbocycles. The fraction of sp³-hybridized carbons (Fsp3) is 0.533. The molecule has 0 aromatic heterocycles. The Labute approximate surface area is 137 Å². The van der Waals surface area contributed by atoms with Gasteiger partial charge in [0.15, 0.2) is 0 Å². The number of carbonyl (C=O) groups excluding carboxylic acids is 1. The number of aliphatic hydroxyl groups excluding tert-OH is 3. The molecule has 134 valence electrons. The summed E-state index contributed by atoms with van der Waals surface area (Å²) in [5.41, 5.74) is 0.630. The summed E-state index contributed by atoms with van der Waals surface area (Å²) in [6.45, 7) is -0.773. The summed E-state index contributed by atoms with van der Waals surface area (Å²) in [7, 11) is 0. The first-order valence-corrected chi connectivity index (χ1v) is 7.45. The van der Waals surface area contributed by atoms with E-state index in [-0.39, 0.29) is 18.7 Å². The highest BCUT2D eigenvalue weighted by Crippen LogP contribution is 2.22. The van der Waals surface area contributed by atoms with Crippen LogP contribution in [-0.4, -0.2) is 74.8 Å². The van der Waals surface area contributed by atoms with Crippen LogP contribution in [0.1, 0.15) is 5.56 Å². The average molecular weight is 343 g/mol. The van der Waals surface area contributed by atoms with Gasteiger partial charge < -0.3 is 45.5 Å². The molecule has 0 saturated carbocycles. The number of hydrogen-bond acceptors (Lipinski definition) is 8. The maximum absolute atomic E-state index is 11.3. The number of aliphatic hydroxyl groups is 4. The molecule has 24 heavy (non-hydrogen) atoms. The quantitative estimate of drug-likeness (QED) is 0.300. The number of quaternary nitrogens is 1. The Hall–Kier alpha value is -1.75. The molecule has 7 N–H and O–H groups in total. The van der Waals surface area contributed by atoms with Crippen LogP contribution in [0.4, 0.5) is 0 Å². The Kier molecular flexibility index (Phi) is 5.75. The summed E-state index contributed by atoms with van der Waals surface area (Å²) in [6, 6.07) is 4.86. The van der Waals surface area contributed by atoms with Crippen LogP contribution >= 0.6 is 0 Å². The van der Waals surface area contributed by atoms with Gasteiger partial charge in [-0.25, -0.2) is 0 Å². The number of aromatic hydroxyl groups is 1. The van der Waals surface area contributed by atoms with E-state index < -0.39 is 42.7 Å². The molecule has 0 spiro atoms. The zero-order valence-corrected chi connectivity index (χ0v) is 12.8. The van der Waals surface area contributed by atoms with Crippen molar-refractivity contribution in [2.75, 3.05) is 13.2 Å². The highest BCUT2D eigenvalue weighted by atomic mass is 16.6. The van der Waals surface area contributed by atoms with E-state index in [9.17, 15) is 35.4 Å². The molecule has 2 rings (SSSR count). The standard InChI is InChI=1S/C15H21NO8/c17-9-3-1-8(2-4-9)5-10(14(21)22)16-7-15(23)13(20)12(19)11(18)6-24-15/h1-4,10-13,16-20,23H,5-7H2,(H,21,22)/t10-,11+,12+,13-,15+/m0/s1. The van der Waals surface area contributed by atoms with Crippen molar-refractivity contribution < 1.29 is 45.5 Å². The first-order chi connectivity index (χ1) is 11.2. The van der Waals surface area contributed by atoms with Crippen molar-refractivity contribution >= 4 is 5.97 Å². The Bertz CT molecular complexity index is 565. The van der Waals surface area contributed by atoms with Gasteiger partial charge in [0.25, 0.3) is 0 Å². The van der Waals surface area contributed by atoms with E-state index in [0.717, 1.165) is 0 Å². The van der Waals surface area contributed by atoms with E-state index in [2.05, 4.69) is 0 Å². The monoisotopic (exact) mass is 343 g/mol. The molecule has 0 amide bonds. The zero-order chi connectivity index (χ0) is 17.9. The molecular formula is C15H21NO8. The van der Waals surface area contributed by atoms with Gasteiger partial charge in [-0.3, -0.25) is 0 Å². The number of hydrogen-bond donors (Lipinski definition) is 6. The first kappa shape index (κ1) is 18.6. The predicted octanol–water partition coefficient (Wildman–Crippen LogP) is -4.58. The average Bonchev–Trinajstić information content (AvgIpc) is 2.55. The third kappa shape index (κ3) is 4.20.